The van der Waals surface area contributed by atoms with Gasteiger partial charge in [-0.25, -0.2) is 13.6 Å². The van der Waals surface area contributed by atoms with Crippen LogP contribution in [0.5, 0.6) is 0 Å². The summed E-state index contributed by atoms with van der Waals surface area (Å²) < 4.78 is 31.3. The van der Waals surface area contributed by atoms with E-state index in [9.17, 15) is 13.6 Å². The van der Waals surface area contributed by atoms with Gasteiger partial charge in [-0.05, 0) is 6.92 Å². The minimum Gasteiger partial charge on any atom is -0.462 e. The van der Waals surface area contributed by atoms with Crippen LogP contribution >= 0.6 is 0 Å². The lowest BCUT2D eigenvalue weighted by molar-refractivity contribution is 0.0520. The molecular formula is C12H19F2N3O3. The van der Waals surface area contributed by atoms with Crippen molar-refractivity contribution < 1.29 is 23.4 Å². The summed E-state index contributed by atoms with van der Waals surface area (Å²) in [5, 5.41) is 12.9. The molecule has 20 heavy (non-hydrogen) atoms. The Kier molecular flexibility index (Phi) is 6.53. The fraction of sp³-hybridized carbons (Fsp3) is 0.667. The molecule has 1 aromatic heterocycles. The fourth-order valence-corrected chi connectivity index (χ4v) is 1.81. The molecule has 6 nitrogen and oxygen atoms in total. The van der Waals surface area contributed by atoms with Crippen molar-refractivity contribution in [2.24, 2.45) is 7.05 Å². The molecule has 0 unspecified atom stereocenters. The van der Waals surface area contributed by atoms with Gasteiger partial charge >= 0.3 is 5.97 Å². The predicted molar refractivity (Wildman–Crippen MR) is 67.5 cm³/mol. The molecule has 0 atom stereocenters. The highest BCUT2D eigenvalue weighted by atomic mass is 19.3. The lowest BCUT2D eigenvalue weighted by atomic mass is 10.2. The first-order chi connectivity index (χ1) is 9.49. The van der Waals surface area contributed by atoms with Crippen LogP contribution in [0.1, 0.15) is 23.0 Å². The van der Waals surface area contributed by atoms with Crippen molar-refractivity contribution in [3.63, 3.8) is 0 Å². The second-order valence-electron chi connectivity index (χ2n) is 4.20. The van der Waals surface area contributed by atoms with Crippen LogP contribution in [0.4, 0.5) is 8.78 Å². The van der Waals surface area contributed by atoms with E-state index in [1.165, 1.54) is 15.8 Å². The molecule has 1 rings (SSSR count). The Morgan fingerprint density at radius 3 is 2.85 bits per heavy atom. The summed E-state index contributed by atoms with van der Waals surface area (Å²) in [5.41, 5.74) is 0.740. The van der Waals surface area contributed by atoms with Crippen LogP contribution in [-0.2, 0) is 18.3 Å². The molecule has 0 saturated heterocycles. The number of nitrogens with zero attached hydrogens (tertiary/aromatic N) is 3. The van der Waals surface area contributed by atoms with Gasteiger partial charge in [0, 0.05) is 20.1 Å². The predicted octanol–water partition coefficient (Wildman–Crippen LogP) is 0.656. The third kappa shape index (κ3) is 4.53. The summed E-state index contributed by atoms with van der Waals surface area (Å²) in [6, 6.07) is 0. The monoisotopic (exact) mass is 291 g/mol. The first-order valence-corrected chi connectivity index (χ1v) is 6.28. The van der Waals surface area contributed by atoms with Gasteiger partial charge in [0.1, 0.15) is 5.56 Å². The van der Waals surface area contributed by atoms with Crippen LogP contribution in [0.2, 0.25) is 0 Å². The molecule has 1 heterocycles. The molecule has 0 bridgehead atoms. The summed E-state index contributed by atoms with van der Waals surface area (Å²) >= 11 is 0. The highest BCUT2D eigenvalue weighted by molar-refractivity contribution is 5.90. The van der Waals surface area contributed by atoms with Crippen molar-refractivity contribution >= 4 is 5.97 Å². The number of aliphatic hydroxyl groups is 1. The number of ether oxygens (including phenoxy) is 1. The lowest BCUT2D eigenvalue weighted by Crippen LogP contribution is -2.32. The number of hydrogen-bond acceptors (Lipinski definition) is 5. The van der Waals surface area contributed by atoms with Crippen LogP contribution in [0.3, 0.4) is 0 Å². The quantitative estimate of drug-likeness (QED) is 0.713. The van der Waals surface area contributed by atoms with E-state index in [0.29, 0.717) is 5.69 Å². The summed E-state index contributed by atoms with van der Waals surface area (Å²) in [6.07, 6.45) is -1.16. The van der Waals surface area contributed by atoms with Gasteiger partial charge in [0.25, 0.3) is 6.43 Å². The van der Waals surface area contributed by atoms with E-state index < -0.39 is 18.9 Å². The maximum atomic E-state index is 12.5. The molecule has 0 aliphatic rings. The zero-order valence-electron chi connectivity index (χ0n) is 11.6. The number of rotatable bonds is 8. The maximum absolute atomic E-state index is 12.5. The molecule has 8 heteroatoms. The number of hydrogen-bond donors (Lipinski definition) is 1. The van der Waals surface area contributed by atoms with E-state index in [0.717, 1.165) is 0 Å². The van der Waals surface area contributed by atoms with E-state index in [1.54, 1.807) is 14.0 Å². The van der Waals surface area contributed by atoms with Gasteiger partial charge in [0.2, 0.25) is 0 Å². The molecule has 1 N–H and O–H groups in total. The number of halogens is 2. The van der Waals surface area contributed by atoms with Gasteiger partial charge in [0.15, 0.2) is 0 Å². The molecule has 0 amide bonds. The third-order valence-electron chi connectivity index (χ3n) is 2.74. The van der Waals surface area contributed by atoms with Gasteiger partial charge in [-0.1, -0.05) is 0 Å². The summed E-state index contributed by atoms with van der Waals surface area (Å²) in [7, 11) is 1.62. The van der Waals surface area contributed by atoms with Gasteiger partial charge in [0.05, 0.1) is 31.6 Å². The third-order valence-corrected chi connectivity index (χ3v) is 2.74. The summed E-state index contributed by atoms with van der Waals surface area (Å²) in [4.78, 5) is 13.1. The molecule has 1 aromatic rings. The Hall–Kier alpha value is -1.54. The van der Waals surface area contributed by atoms with Crippen molar-refractivity contribution in [2.75, 3.05) is 26.3 Å². The summed E-state index contributed by atoms with van der Waals surface area (Å²) in [5.74, 6) is -0.531. The van der Waals surface area contributed by atoms with Crippen LogP contribution in [0.25, 0.3) is 0 Å². The molecule has 114 valence electrons. The van der Waals surface area contributed by atoms with Crippen molar-refractivity contribution in [2.45, 2.75) is 19.9 Å². The lowest BCUT2D eigenvalue weighted by Gasteiger charge is -2.21. The van der Waals surface area contributed by atoms with E-state index in [2.05, 4.69) is 5.10 Å². The number of aryl methyl sites for hydroxylation is 1. The molecule has 0 saturated carbocycles. The topological polar surface area (TPSA) is 67.6 Å². The van der Waals surface area contributed by atoms with E-state index >= 15 is 0 Å². The first-order valence-electron chi connectivity index (χ1n) is 6.28. The molecular weight excluding hydrogens is 272 g/mol. The number of aliphatic hydroxyl groups excluding tert-OH is 1. The standard InChI is InChI=1S/C12H19F2N3O3/c1-3-20-12(19)9-6-15-16(2)10(9)7-17(4-5-18)8-11(13)14/h6,11,18H,3-5,7-8H2,1-2H3. The van der Waals surface area contributed by atoms with Gasteiger partial charge in [-0.15, -0.1) is 0 Å². The fourth-order valence-electron chi connectivity index (χ4n) is 1.81. The van der Waals surface area contributed by atoms with Crippen molar-refractivity contribution in [1.29, 1.82) is 0 Å². The normalized spacial score (nSPS) is 11.3. The van der Waals surface area contributed by atoms with Crippen LogP contribution < -0.4 is 0 Å². The maximum Gasteiger partial charge on any atom is 0.341 e. The number of aromatic nitrogens is 2. The number of carbonyl (C=O) groups excluding carboxylic acids is 1. The Bertz CT molecular complexity index is 438. The minimum atomic E-state index is -2.51. The van der Waals surface area contributed by atoms with Crippen LogP contribution in [0.15, 0.2) is 6.20 Å². The zero-order chi connectivity index (χ0) is 15.1. The summed E-state index contributed by atoms with van der Waals surface area (Å²) in [6.45, 7) is 1.38. The number of esters is 1. The van der Waals surface area contributed by atoms with Gasteiger partial charge < -0.3 is 9.84 Å². The van der Waals surface area contributed by atoms with Crippen molar-refractivity contribution in [1.82, 2.24) is 14.7 Å². The zero-order valence-corrected chi connectivity index (χ0v) is 11.6. The molecule has 0 fully saturated rings. The van der Waals surface area contributed by atoms with Crippen molar-refractivity contribution in [3.8, 4) is 0 Å². The Balaban J connectivity index is 2.88. The first kappa shape index (κ1) is 16.5. The van der Waals surface area contributed by atoms with E-state index in [1.807, 2.05) is 0 Å². The van der Waals surface area contributed by atoms with E-state index in [-0.39, 0.29) is 31.9 Å². The molecule has 0 aromatic carbocycles. The molecule has 0 radical (unpaired) electrons. The SMILES string of the molecule is CCOC(=O)c1cnn(C)c1CN(CCO)CC(F)F. The largest absolute Gasteiger partial charge is 0.462 e. The second kappa shape index (κ2) is 7.91. The van der Waals surface area contributed by atoms with Crippen molar-refractivity contribution in [3.05, 3.63) is 17.5 Å². The van der Waals surface area contributed by atoms with E-state index in [4.69, 9.17) is 9.84 Å². The average molecular weight is 291 g/mol. The minimum absolute atomic E-state index is 0.0928. The highest BCUT2D eigenvalue weighted by Crippen LogP contribution is 2.13. The highest BCUT2D eigenvalue weighted by Gasteiger charge is 2.21. The molecule has 0 aliphatic carbocycles. The van der Waals surface area contributed by atoms with Crippen LogP contribution in [0, 0.1) is 0 Å². The number of carbonyl (C=O) groups is 1. The second-order valence-corrected chi connectivity index (χ2v) is 4.20. The molecule has 0 aliphatic heterocycles. The van der Waals surface area contributed by atoms with Gasteiger partial charge in [-0.3, -0.25) is 9.58 Å². The Morgan fingerprint density at radius 1 is 1.60 bits per heavy atom. The van der Waals surface area contributed by atoms with Gasteiger partial charge in [-0.2, -0.15) is 5.10 Å². The number of alkyl halides is 2. The van der Waals surface area contributed by atoms with Crippen LogP contribution in [-0.4, -0.2) is 58.5 Å². The Morgan fingerprint density at radius 2 is 2.30 bits per heavy atom. The smallest absolute Gasteiger partial charge is 0.341 e. The molecule has 0 spiro atoms. The Labute approximate surface area is 115 Å². The average Bonchev–Trinajstić information content (AvgIpc) is 2.71.